The average molecular weight is 194 g/mol. The summed E-state index contributed by atoms with van der Waals surface area (Å²) in [6.45, 7) is 5.89. The molecular weight excluding hydrogens is 182 g/mol. The van der Waals surface area contributed by atoms with E-state index in [1.54, 1.807) is 0 Å². The quantitative estimate of drug-likeness (QED) is 0.460. The Balaban J connectivity index is 2.49. The Labute approximate surface area is 64.1 Å². The van der Waals surface area contributed by atoms with E-state index in [2.05, 4.69) is 35.1 Å². The van der Waals surface area contributed by atoms with Crippen LogP contribution in [-0.2, 0) is 4.74 Å². The molecule has 1 rings (SSSR count). The second kappa shape index (κ2) is 2.56. The van der Waals surface area contributed by atoms with E-state index < -0.39 is 0 Å². The van der Waals surface area contributed by atoms with Crippen LogP contribution in [0, 0.1) is 0 Å². The SMILES string of the molecule is CC1(C)OCCNC1Br. The van der Waals surface area contributed by atoms with Crippen LogP contribution in [0.3, 0.4) is 0 Å². The topological polar surface area (TPSA) is 21.3 Å². The van der Waals surface area contributed by atoms with Crippen LogP contribution in [0.2, 0.25) is 0 Å². The molecule has 9 heavy (non-hydrogen) atoms. The average Bonchev–Trinajstić information content (AvgIpc) is 1.77. The van der Waals surface area contributed by atoms with Crippen molar-refractivity contribution in [3.8, 4) is 0 Å². The first-order valence-corrected chi connectivity index (χ1v) is 4.06. The van der Waals surface area contributed by atoms with E-state index in [1.807, 2.05) is 0 Å². The zero-order valence-electron chi connectivity index (χ0n) is 5.78. The highest BCUT2D eigenvalue weighted by Crippen LogP contribution is 2.21. The summed E-state index contributed by atoms with van der Waals surface area (Å²) in [4.78, 5) is 0.291. The monoisotopic (exact) mass is 193 g/mol. The molecule has 0 radical (unpaired) electrons. The molecular formula is C6H12BrNO. The Morgan fingerprint density at radius 2 is 2.33 bits per heavy atom. The van der Waals surface area contributed by atoms with Gasteiger partial charge in [0.2, 0.25) is 0 Å². The van der Waals surface area contributed by atoms with Gasteiger partial charge in [0.25, 0.3) is 0 Å². The van der Waals surface area contributed by atoms with Gasteiger partial charge in [-0.05, 0) is 13.8 Å². The fourth-order valence-electron chi connectivity index (χ4n) is 0.819. The van der Waals surface area contributed by atoms with Crippen LogP contribution in [0.4, 0.5) is 0 Å². The molecule has 1 heterocycles. The molecule has 0 aromatic rings. The molecule has 54 valence electrons. The van der Waals surface area contributed by atoms with Crippen molar-refractivity contribution >= 4 is 15.9 Å². The highest BCUT2D eigenvalue weighted by Gasteiger charge is 2.30. The van der Waals surface area contributed by atoms with E-state index in [0.717, 1.165) is 13.2 Å². The summed E-state index contributed by atoms with van der Waals surface area (Å²) in [6, 6.07) is 0. The van der Waals surface area contributed by atoms with Gasteiger partial charge in [-0.2, -0.15) is 0 Å². The number of morpholine rings is 1. The molecule has 0 saturated carbocycles. The van der Waals surface area contributed by atoms with E-state index in [-0.39, 0.29) is 5.60 Å². The molecule has 0 bridgehead atoms. The van der Waals surface area contributed by atoms with Crippen LogP contribution in [0.25, 0.3) is 0 Å². The summed E-state index contributed by atoms with van der Waals surface area (Å²) >= 11 is 3.47. The standard InChI is InChI=1S/C6H12BrNO/c1-6(2)5(7)8-3-4-9-6/h5,8H,3-4H2,1-2H3. The summed E-state index contributed by atoms with van der Waals surface area (Å²) in [7, 11) is 0. The van der Waals surface area contributed by atoms with Crippen molar-refractivity contribution in [2.24, 2.45) is 0 Å². The number of nitrogens with one attached hydrogen (secondary N) is 1. The minimum atomic E-state index is -0.0573. The second-order valence-corrected chi connectivity index (χ2v) is 3.68. The van der Waals surface area contributed by atoms with Crippen LogP contribution in [0.15, 0.2) is 0 Å². The Morgan fingerprint density at radius 1 is 1.67 bits per heavy atom. The lowest BCUT2D eigenvalue weighted by Crippen LogP contribution is -2.51. The lowest BCUT2D eigenvalue weighted by molar-refractivity contribution is -0.0463. The van der Waals surface area contributed by atoms with Gasteiger partial charge in [-0.1, -0.05) is 15.9 Å². The van der Waals surface area contributed by atoms with Gasteiger partial charge in [0.15, 0.2) is 0 Å². The van der Waals surface area contributed by atoms with Gasteiger partial charge in [-0.3, -0.25) is 0 Å². The minimum absolute atomic E-state index is 0.0573. The fourth-order valence-corrected chi connectivity index (χ4v) is 1.18. The Bertz CT molecular complexity index is 105. The zero-order chi connectivity index (χ0) is 6.91. The zero-order valence-corrected chi connectivity index (χ0v) is 7.36. The van der Waals surface area contributed by atoms with Crippen LogP contribution >= 0.6 is 15.9 Å². The number of ether oxygens (including phenoxy) is 1. The van der Waals surface area contributed by atoms with Crippen LogP contribution < -0.4 is 5.32 Å². The Kier molecular flexibility index (Phi) is 2.14. The predicted molar refractivity (Wildman–Crippen MR) is 40.7 cm³/mol. The van der Waals surface area contributed by atoms with Crippen molar-refractivity contribution in [3.05, 3.63) is 0 Å². The largest absolute Gasteiger partial charge is 0.372 e. The smallest absolute Gasteiger partial charge is 0.0920 e. The Morgan fingerprint density at radius 3 is 2.67 bits per heavy atom. The number of alkyl halides is 1. The molecule has 0 spiro atoms. The molecule has 1 unspecified atom stereocenters. The summed E-state index contributed by atoms with van der Waals surface area (Å²) in [5.41, 5.74) is -0.0573. The molecule has 0 aromatic heterocycles. The predicted octanol–water partition coefficient (Wildman–Crippen LogP) is 1.11. The Hall–Kier alpha value is 0.400. The normalized spacial score (nSPS) is 34.3. The van der Waals surface area contributed by atoms with Crippen LogP contribution in [-0.4, -0.2) is 23.7 Å². The lowest BCUT2D eigenvalue weighted by Gasteiger charge is -2.35. The molecule has 1 fully saturated rings. The number of halogens is 1. The summed E-state index contributed by atoms with van der Waals surface area (Å²) in [5, 5.41) is 3.26. The van der Waals surface area contributed by atoms with Gasteiger partial charge >= 0.3 is 0 Å². The maximum atomic E-state index is 5.47. The first-order chi connectivity index (χ1) is 4.13. The van der Waals surface area contributed by atoms with Crippen LogP contribution in [0.5, 0.6) is 0 Å². The van der Waals surface area contributed by atoms with E-state index in [4.69, 9.17) is 4.74 Å². The molecule has 1 aliphatic heterocycles. The maximum absolute atomic E-state index is 5.47. The molecule has 0 aliphatic carbocycles. The van der Waals surface area contributed by atoms with E-state index in [1.165, 1.54) is 0 Å². The molecule has 1 atom stereocenters. The summed E-state index contributed by atoms with van der Waals surface area (Å²) in [5.74, 6) is 0. The number of hydrogen-bond donors (Lipinski definition) is 1. The highest BCUT2D eigenvalue weighted by atomic mass is 79.9. The highest BCUT2D eigenvalue weighted by molar-refractivity contribution is 9.09. The van der Waals surface area contributed by atoms with E-state index in [9.17, 15) is 0 Å². The van der Waals surface area contributed by atoms with Crippen molar-refractivity contribution in [2.45, 2.75) is 24.4 Å². The third-order valence-corrected chi connectivity index (χ3v) is 2.94. The molecule has 1 saturated heterocycles. The van der Waals surface area contributed by atoms with Gasteiger partial charge < -0.3 is 10.1 Å². The second-order valence-electron chi connectivity index (χ2n) is 2.77. The number of rotatable bonds is 0. The first kappa shape index (κ1) is 7.51. The summed E-state index contributed by atoms with van der Waals surface area (Å²) in [6.07, 6.45) is 0. The van der Waals surface area contributed by atoms with Crippen molar-refractivity contribution in [2.75, 3.05) is 13.2 Å². The number of hydrogen-bond acceptors (Lipinski definition) is 2. The van der Waals surface area contributed by atoms with Crippen molar-refractivity contribution in [3.63, 3.8) is 0 Å². The van der Waals surface area contributed by atoms with Gasteiger partial charge in [-0.25, -0.2) is 0 Å². The van der Waals surface area contributed by atoms with Gasteiger partial charge in [-0.15, -0.1) is 0 Å². The lowest BCUT2D eigenvalue weighted by atomic mass is 10.1. The van der Waals surface area contributed by atoms with Crippen molar-refractivity contribution in [1.82, 2.24) is 5.32 Å². The molecule has 0 amide bonds. The molecule has 1 aliphatic rings. The molecule has 2 nitrogen and oxygen atoms in total. The van der Waals surface area contributed by atoms with Crippen molar-refractivity contribution < 1.29 is 4.74 Å². The van der Waals surface area contributed by atoms with E-state index >= 15 is 0 Å². The van der Waals surface area contributed by atoms with Gasteiger partial charge in [0, 0.05) is 6.54 Å². The summed E-state index contributed by atoms with van der Waals surface area (Å²) < 4.78 is 5.47. The van der Waals surface area contributed by atoms with Gasteiger partial charge in [0.05, 0.1) is 17.2 Å². The van der Waals surface area contributed by atoms with E-state index in [0.29, 0.717) is 4.95 Å². The minimum Gasteiger partial charge on any atom is -0.372 e. The van der Waals surface area contributed by atoms with Crippen molar-refractivity contribution in [1.29, 1.82) is 0 Å². The molecule has 1 N–H and O–H groups in total. The molecule has 0 aromatic carbocycles. The third-order valence-electron chi connectivity index (χ3n) is 1.51. The molecule has 3 heteroatoms. The fraction of sp³-hybridized carbons (Fsp3) is 1.00. The van der Waals surface area contributed by atoms with Crippen LogP contribution in [0.1, 0.15) is 13.8 Å². The third kappa shape index (κ3) is 1.66. The maximum Gasteiger partial charge on any atom is 0.0920 e. The van der Waals surface area contributed by atoms with Gasteiger partial charge in [0.1, 0.15) is 0 Å². The first-order valence-electron chi connectivity index (χ1n) is 3.14.